The third kappa shape index (κ3) is 3.57. The van der Waals surface area contributed by atoms with Crippen LogP contribution < -0.4 is 10.7 Å². The third-order valence-electron chi connectivity index (χ3n) is 5.24. The molecule has 7 heteroatoms. The number of carbonyl (C=O) groups is 1. The molecule has 1 aliphatic carbocycles. The van der Waals surface area contributed by atoms with E-state index in [0.29, 0.717) is 5.39 Å². The first-order chi connectivity index (χ1) is 12.9. The summed E-state index contributed by atoms with van der Waals surface area (Å²) in [6, 6.07) is 5.95. The van der Waals surface area contributed by atoms with Crippen LogP contribution in [0.25, 0.3) is 22.0 Å². The first-order valence-electron chi connectivity index (χ1n) is 8.99. The number of carboxylic acid groups (broad SMARTS) is 1. The van der Waals surface area contributed by atoms with Gasteiger partial charge in [-0.25, -0.2) is 9.78 Å². The molecule has 0 atom stereocenters. The maximum atomic E-state index is 12.7. The summed E-state index contributed by atoms with van der Waals surface area (Å²) in [7, 11) is 1.84. The van der Waals surface area contributed by atoms with Crippen LogP contribution in [0.15, 0.2) is 35.4 Å². The van der Waals surface area contributed by atoms with Crippen LogP contribution in [0.1, 0.15) is 40.4 Å². The van der Waals surface area contributed by atoms with Crippen molar-refractivity contribution in [1.29, 1.82) is 0 Å². The van der Waals surface area contributed by atoms with Gasteiger partial charge in [0.2, 0.25) is 5.43 Å². The van der Waals surface area contributed by atoms with Crippen molar-refractivity contribution in [3.8, 4) is 11.1 Å². The van der Waals surface area contributed by atoms with Crippen LogP contribution in [-0.4, -0.2) is 79.1 Å². The van der Waals surface area contributed by atoms with Crippen molar-refractivity contribution < 1.29 is 9.90 Å². The van der Waals surface area contributed by atoms with Gasteiger partial charge in [0.05, 0.1) is 5.52 Å². The summed E-state index contributed by atoms with van der Waals surface area (Å²) < 4.78 is 1.97. The second kappa shape index (κ2) is 8.08. The quantitative estimate of drug-likeness (QED) is 0.654. The number of anilines is 1. The zero-order chi connectivity index (χ0) is 19.3. The van der Waals surface area contributed by atoms with E-state index in [4.69, 9.17) is 0 Å². The topological polar surface area (TPSA) is 84.2 Å². The van der Waals surface area contributed by atoms with Gasteiger partial charge in [-0.15, -0.1) is 0 Å². The normalized spacial score (nSPS) is 13.2. The van der Waals surface area contributed by atoms with Crippen LogP contribution in [-0.2, 0) is 0 Å². The minimum Gasteiger partial charge on any atom is -0.477 e. The number of aryl methyl sites for hydroxylation is 2. The molecule has 0 aliphatic heterocycles. The number of carboxylic acids is 1. The molecular formula is C21H21KN3O3. The smallest absolute Gasteiger partial charge is 0.341 e. The van der Waals surface area contributed by atoms with Gasteiger partial charge in [-0.3, -0.25) is 4.79 Å². The van der Waals surface area contributed by atoms with Crippen LogP contribution >= 0.6 is 0 Å². The number of hydrogen-bond donors (Lipinski definition) is 2. The fraction of sp³-hybridized carbons (Fsp3) is 0.286. The van der Waals surface area contributed by atoms with Gasteiger partial charge < -0.3 is 15.0 Å². The van der Waals surface area contributed by atoms with Gasteiger partial charge in [-0.2, -0.15) is 0 Å². The van der Waals surface area contributed by atoms with Crippen molar-refractivity contribution in [2.24, 2.45) is 0 Å². The van der Waals surface area contributed by atoms with Crippen molar-refractivity contribution in [3.05, 3.63) is 57.5 Å². The van der Waals surface area contributed by atoms with E-state index in [1.165, 1.54) is 6.20 Å². The molecule has 2 aromatic heterocycles. The van der Waals surface area contributed by atoms with Crippen LogP contribution in [0.2, 0.25) is 0 Å². The monoisotopic (exact) mass is 402 g/mol. The minimum absolute atomic E-state index is 0. The van der Waals surface area contributed by atoms with E-state index in [1.54, 1.807) is 6.07 Å². The summed E-state index contributed by atoms with van der Waals surface area (Å²) in [6.07, 6.45) is 5.32. The van der Waals surface area contributed by atoms with Gasteiger partial charge in [0.15, 0.2) is 0 Å². The SMILES string of the molecule is CNc1ncc(-c2ccc3c(=O)c(C(=O)O)cn(C4CC4)c3c2C)cc1C.[K]. The largest absolute Gasteiger partial charge is 0.477 e. The number of aromatic nitrogens is 2. The standard InChI is InChI=1S/C21H21N3O3.K/c1-11-8-13(9-23-20(11)22-3)15-6-7-16-18(12(15)2)24(14-4-5-14)10-17(19(16)25)21(26)27;/h6-10,14H,4-5H2,1-3H3,(H,22,23)(H,26,27);. The Hall–Kier alpha value is -1.51. The molecule has 1 radical (unpaired) electrons. The number of aromatic carboxylic acids is 1. The number of pyridine rings is 2. The van der Waals surface area contributed by atoms with Gasteiger partial charge in [0, 0.05) is 87.8 Å². The van der Waals surface area contributed by atoms with E-state index < -0.39 is 11.4 Å². The van der Waals surface area contributed by atoms with E-state index >= 15 is 0 Å². The maximum absolute atomic E-state index is 12.7. The van der Waals surface area contributed by atoms with E-state index in [0.717, 1.165) is 46.4 Å². The molecule has 0 unspecified atom stereocenters. The molecule has 0 saturated heterocycles. The predicted octanol–water partition coefficient (Wildman–Crippen LogP) is 3.37. The molecule has 0 amide bonds. The van der Waals surface area contributed by atoms with E-state index in [-0.39, 0.29) is 63.0 Å². The zero-order valence-corrected chi connectivity index (χ0v) is 19.7. The number of nitrogens with zero attached hydrogens (tertiary/aromatic N) is 2. The summed E-state index contributed by atoms with van der Waals surface area (Å²) >= 11 is 0. The molecule has 6 nitrogen and oxygen atoms in total. The number of rotatable bonds is 4. The molecule has 1 saturated carbocycles. The second-order valence-corrected chi connectivity index (χ2v) is 7.09. The van der Waals surface area contributed by atoms with E-state index in [2.05, 4.69) is 16.4 Å². The molecule has 139 valence electrons. The summed E-state index contributed by atoms with van der Waals surface area (Å²) in [5.41, 5.74) is 4.20. The maximum Gasteiger partial charge on any atom is 0.341 e. The Balaban J connectivity index is 0.00000225. The van der Waals surface area contributed by atoms with Gasteiger partial charge in [0.25, 0.3) is 0 Å². The molecule has 1 fully saturated rings. The molecule has 2 heterocycles. The first kappa shape index (κ1) is 21.2. The molecule has 1 aromatic carbocycles. The molecule has 0 spiro atoms. The summed E-state index contributed by atoms with van der Waals surface area (Å²) in [4.78, 5) is 28.7. The number of hydrogen-bond acceptors (Lipinski definition) is 4. The van der Waals surface area contributed by atoms with E-state index in [9.17, 15) is 14.7 Å². The second-order valence-electron chi connectivity index (χ2n) is 7.09. The van der Waals surface area contributed by atoms with Crippen molar-refractivity contribution in [1.82, 2.24) is 9.55 Å². The van der Waals surface area contributed by atoms with Gasteiger partial charge in [0.1, 0.15) is 11.4 Å². The Morgan fingerprint density at radius 2 is 2.00 bits per heavy atom. The Bertz CT molecular complexity index is 1150. The number of benzene rings is 1. The molecule has 4 rings (SSSR count). The van der Waals surface area contributed by atoms with E-state index in [1.807, 2.05) is 37.7 Å². The van der Waals surface area contributed by atoms with Crippen molar-refractivity contribution in [3.63, 3.8) is 0 Å². The minimum atomic E-state index is -1.18. The third-order valence-corrected chi connectivity index (χ3v) is 5.24. The predicted molar refractivity (Wildman–Crippen MR) is 111 cm³/mol. The van der Waals surface area contributed by atoms with Crippen LogP contribution in [0.4, 0.5) is 5.82 Å². The zero-order valence-electron chi connectivity index (χ0n) is 16.5. The molecular weight excluding hydrogens is 381 g/mol. The fourth-order valence-electron chi connectivity index (χ4n) is 3.71. The van der Waals surface area contributed by atoms with Crippen molar-refractivity contribution >= 4 is 74.1 Å². The number of fused-ring (bicyclic) bond motifs is 1. The van der Waals surface area contributed by atoms with Crippen LogP contribution in [0.5, 0.6) is 0 Å². The van der Waals surface area contributed by atoms with Crippen LogP contribution in [0, 0.1) is 13.8 Å². The van der Waals surface area contributed by atoms with Gasteiger partial charge in [-0.1, -0.05) is 6.07 Å². The Morgan fingerprint density at radius 1 is 1.29 bits per heavy atom. The summed E-state index contributed by atoms with van der Waals surface area (Å²) in [6.45, 7) is 3.98. The number of nitrogens with one attached hydrogen (secondary N) is 1. The first-order valence-corrected chi connectivity index (χ1v) is 8.99. The van der Waals surface area contributed by atoms with Gasteiger partial charge in [-0.05, 0) is 55.5 Å². The molecule has 2 N–H and O–H groups in total. The fourth-order valence-corrected chi connectivity index (χ4v) is 3.71. The summed E-state index contributed by atoms with van der Waals surface area (Å²) in [5.74, 6) is -0.348. The summed E-state index contributed by atoms with van der Waals surface area (Å²) in [5, 5.41) is 12.9. The molecule has 3 aromatic rings. The van der Waals surface area contributed by atoms with Crippen LogP contribution in [0.3, 0.4) is 0 Å². The molecule has 1 aliphatic rings. The average molecular weight is 403 g/mol. The molecule has 0 bridgehead atoms. The van der Waals surface area contributed by atoms with Crippen molar-refractivity contribution in [2.45, 2.75) is 32.7 Å². The van der Waals surface area contributed by atoms with Crippen molar-refractivity contribution in [2.75, 3.05) is 12.4 Å². The van der Waals surface area contributed by atoms with Gasteiger partial charge >= 0.3 is 5.97 Å². The Morgan fingerprint density at radius 3 is 2.57 bits per heavy atom. The Kier molecular flexibility index (Phi) is 6.12. The average Bonchev–Trinajstić information content (AvgIpc) is 3.47. The molecule has 28 heavy (non-hydrogen) atoms. The Labute approximate surface area is 205 Å².